The summed E-state index contributed by atoms with van der Waals surface area (Å²) in [5.41, 5.74) is 1.25. The first-order valence-corrected chi connectivity index (χ1v) is 6.62. The Hall–Kier alpha value is -1.55. The first kappa shape index (κ1) is 13.9. The summed E-state index contributed by atoms with van der Waals surface area (Å²) >= 11 is 0. The first-order chi connectivity index (χ1) is 8.83. The van der Waals surface area contributed by atoms with Crippen molar-refractivity contribution in [3.05, 3.63) is 35.4 Å². The zero-order chi connectivity index (χ0) is 14.2. The first-order valence-electron chi connectivity index (χ1n) is 6.62. The lowest BCUT2D eigenvalue weighted by atomic mass is 9.70. The van der Waals surface area contributed by atoms with E-state index >= 15 is 0 Å². The molecule has 4 heteroatoms. The number of amides is 1. The number of carbonyl (C=O) groups is 1. The second-order valence-electron chi connectivity index (χ2n) is 5.76. The third-order valence-electron chi connectivity index (χ3n) is 4.11. The maximum absolute atomic E-state index is 10.8. The Labute approximate surface area is 113 Å². The van der Waals surface area contributed by atoms with Crippen LogP contribution in [0.1, 0.15) is 43.7 Å². The van der Waals surface area contributed by atoms with Crippen molar-refractivity contribution >= 4 is 6.09 Å². The Bertz CT molecular complexity index is 461. The van der Waals surface area contributed by atoms with Crippen LogP contribution in [0.2, 0.25) is 0 Å². The van der Waals surface area contributed by atoms with Gasteiger partial charge in [0, 0.05) is 25.9 Å². The molecule has 0 aromatic heterocycles. The maximum Gasteiger partial charge on any atom is 0.407 e. The van der Waals surface area contributed by atoms with Crippen molar-refractivity contribution < 1.29 is 15.0 Å². The summed E-state index contributed by atoms with van der Waals surface area (Å²) in [6, 6.07) is 7.88. The zero-order valence-corrected chi connectivity index (χ0v) is 11.6. The molecule has 0 spiro atoms. The van der Waals surface area contributed by atoms with Crippen LogP contribution in [0.3, 0.4) is 0 Å². The standard InChI is InChI=1S/C15H21NO3/c1-10(2)11-4-6-12(7-5-11)15(19)8-13(9-15)16(3)14(17)18/h4-7,10,13,19H,8-9H2,1-3H3,(H,17,18). The molecule has 1 aromatic rings. The van der Waals surface area contributed by atoms with Gasteiger partial charge in [0.2, 0.25) is 0 Å². The minimum absolute atomic E-state index is 0.0905. The largest absolute Gasteiger partial charge is 0.465 e. The van der Waals surface area contributed by atoms with Crippen LogP contribution in [0.5, 0.6) is 0 Å². The van der Waals surface area contributed by atoms with E-state index in [2.05, 4.69) is 13.8 Å². The molecule has 2 rings (SSSR count). The molecule has 0 bridgehead atoms. The van der Waals surface area contributed by atoms with E-state index in [0.29, 0.717) is 18.8 Å². The van der Waals surface area contributed by atoms with Gasteiger partial charge in [-0.2, -0.15) is 0 Å². The summed E-state index contributed by atoms with van der Waals surface area (Å²) in [7, 11) is 1.55. The summed E-state index contributed by atoms with van der Waals surface area (Å²) in [4.78, 5) is 12.1. The van der Waals surface area contributed by atoms with Crippen molar-refractivity contribution in [1.29, 1.82) is 0 Å². The minimum atomic E-state index is -0.942. The molecule has 0 saturated heterocycles. The second-order valence-corrected chi connectivity index (χ2v) is 5.76. The highest BCUT2D eigenvalue weighted by atomic mass is 16.4. The van der Waals surface area contributed by atoms with Gasteiger partial charge in [-0.05, 0) is 17.0 Å². The van der Waals surface area contributed by atoms with Gasteiger partial charge in [-0.15, -0.1) is 0 Å². The molecule has 0 aliphatic heterocycles. The normalized spacial score (nSPS) is 26.1. The molecule has 2 N–H and O–H groups in total. The second kappa shape index (κ2) is 4.85. The Morgan fingerprint density at radius 3 is 2.26 bits per heavy atom. The van der Waals surface area contributed by atoms with Gasteiger partial charge in [-0.25, -0.2) is 4.79 Å². The number of benzene rings is 1. The summed E-state index contributed by atoms with van der Waals surface area (Å²) in [5.74, 6) is 0.468. The number of rotatable bonds is 3. The van der Waals surface area contributed by atoms with Crippen molar-refractivity contribution in [2.24, 2.45) is 0 Å². The topological polar surface area (TPSA) is 60.8 Å². The minimum Gasteiger partial charge on any atom is -0.465 e. The molecule has 1 aliphatic carbocycles. The highest BCUT2D eigenvalue weighted by Gasteiger charge is 2.46. The molecular formula is C15H21NO3. The third-order valence-corrected chi connectivity index (χ3v) is 4.11. The molecule has 104 valence electrons. The molecule has 1 aliphatic rings. The average molecular weight is 263 g/mol. The molecule has 1 amide bonds. The summed E-state index contributed by atoms with van der Waals surface area (Å²) in [5, 5.41) is 19.4. The highest BCUT2D eigenvalue weighted by Crippen LogP contribution is 2.43. The fourth-order valence-corrected chi connectivity index (χ4v) is 2.56. The number of aliphatic hydroxyl groups is 1. The Balaban J connectivity index is 2.06. The van der Waals surface area contributed by atoms with Crippen LogP contribution in [-0.2, 0) is 5.60 Å². The van der Waals surface area contributed by atoms with Crippen LogP contribution in [0.25, 0.3) is 0 Å². The van der Waals surface area contributed by atoms with Gasteiger partial charge in [-0.1, -0.05) is 38.1 Å². The molecule has 1 fully saturated rings. The van der Waals surface area contributed by atoms with E-state index in [4.69, 9.17) is 5.11 Å². The van der Waals surface area contributed by atoms with E-state index in [1.54, 1.807) is 7.05 Å². The molecule has 0 heterocycles. The summed E-state index contributed by atoms with van der Waals surface area (Å²) < 4.78 is 0. The van der Waals surface area contributed by atoms with E-state index in [-0.39, 0.29) is 6.04 Å². The van der Waals surface area contributed by atoms with E-state index < -0.39 is 11.7 Å². The number of hydrogen-bond donors (Lipinski definition) is 2. The molecule has 1 aromatic carbocycles. The van der Waals surface area contributed by atoms with Gasteiger partial charge in [0.15, 0.2) is 0 Å². The fraction of sp³-hybridized carbons (Fsp3) is 0.533. The molecule has 19 heavy (non-hydrogen) atoms. The Morgan fingerprint density at radius 1 is 1.32 bits per heavy atom. The lowest BCUT2D eigenvalue weighted by molar-refractivity contribution is -0.0864. The average Bonchev–Trinajstić information content (AvgIpc) is 2.34. The number of hydrogen-bond acceptors (Lipinski definition) is 2. The van der Waals surface area contributed by atoms with E-state index in [1.807, 2.05) is 24.3 Å². The van der Waals surface area contributed by atoms with E-state index in [9.17, 15) is 9.90 Å². The van der Waals surface area contributed by atoms with Gasteiger partial charge >= 0.3 is 6.09 Å². The van der Waals surface area contributed by atoms with Gasteiger partial charge in [-0.3, -0.25) is 0 Å². The monoisotopic (exact) mass is 263 g/mol. The van der Waals surface area contributed by atoms with Crippen LogP contribution < -0.4 is 0 Å². The van der Waals surface area contributed by atoms with E-state index in [0.717, 1.165) is 5.56 Å². The van der Waals surface area contributed by atoms with Crippen molar-refractivity contribution in [1.82, 2.24) is 4.90 Å². The van der Waals surface area contributed by atoms with Crippen molar-refractivity contribution in [2.45, 2.75) is 44.2 Å². The van der Waals surface area contributed by atoms with E-state index in [1.165, 1.54) is 10.5 Å². The number of carboxylic acid groups (broad SMARTS) is 1. The van der Waals surface area contributed by atoms with Crippen molar-refractivity contribution in [3.63, 3.8) is 0 Å². The zero-order valence-electron chi connectivity index (χ0n) is 11.6. The van der Waals surface area contributed by atoms with Crippen LogP contribution in [-0.4, -0.2) is 34.3 Å². The molecule has 0 atom stereocenters. The fourth-order valence-electron chi connectivity index (χ4n) is 2.56. The predicted octanol–water partition coefficient (Wildman–Crippen LogP) is 2.77. The van der Waals surface area contributed by atoms with Crippen molar-refractivity contribution in [2.75, 3.05) is 7.05 Å². The number of nitrogens with zero attached hydrogens (tertiary/aromatic N) is 1. The highest BCUT2D eigenvalue weighted by molar-refractivity contribution is 5.65. The quantitative estimate of drug-likeness (QED) is 0.881. The van der Waals surface area contributed by atoms with Gasteiger partial charge < -0.3 is 15.1 Å². The van der Waals surface area contributed by atoms with Gasteiger partial charge in [0.25, 0.3) is 0 Å². The molecule has 0 unspecified atom stereocenters. The van der Waals surface area contributed by atoms with Crippen molar-refractivity contribution in [3.8, 4) is 0 Å². The summed E-state index contributed by atoms with van der Waals surface area (Å²) in [6.45, 7) is 4.26. The molecule has 0 radical (unpaired) electrons. The van der Waals surface area contributed by atoms with Crippen LogP contribution >= 0.6 is 0 Å². The van der Waals surface area contributed by atoms with Crippen LogP contribution in [0, 0.1) is 0 Å². The summed E-state index contributed by atoms with van der Waals surface area (Å²) in [6.07, 6.45) is -0.00426. The molecule has 1 saturated carbocycles. The van der Waals surface area contributed by atoms with Gasteiger partial charge in [0.05, 0.1) is 5.60 Å². The SMILES string of the molecule is CC(C)c1ccc(C2(O)CC(N(C)C(=O)O)C2)cc1. The lowest BCUT2D eigenvalue weighted by Gasteiger charge is -2.47. The van der Waals surface area contributed by atoms with Gasteiger partial charge in [0.1, 0.15) is 0 Å². The molecule has 4 nitrogen and oxygen atoms in total. The van der Waals surface area contributed by atoms with Crippen LogP contribution in [0.15, 0.2) is 24.3 Å². The van der Waals surface area contributed by atoms with Crippen LogP contribution in [0.4, 0.5) is 4.79 Å². The third kappa shape index (κ3) is 2.59. The Morgan fingerprint density at radius 2 is 1.84 bits per heavy atom. The smallest absolute Gasteiger partial charge is 0.407 e. The molecular weight excluding hydrogens is 242 g/mol. The Kier molecular flexibility index (Phi) is 3.54. The maximum atomic E-state index is 10.8. The predicted molar refractivity (Wildman–Crippen MR) is 73.2 cm³/mol. The lowest BCUT2D eigenvalue weighted by Crippen LogP contribution is -2.53.